The zero-order chi connectivity index (χ0) is 18.2. The third-order valence-corrected chi connectivity index (χ3v) is 6.78. The van der Waals surface area contributed by atoms with E-state index in [0.717, 1.165) is 38.8 Å². The summed E-state index contributed by atoms with van der Waals surface area (Å²) in [6.45, 7) is 2.33. The van der Waals surface area contributed by atoms with Crippen LogP contribution in [0, 0.1) is 0 Å². The van der Waals surface area contributed by atoms with Crippen LogP contribution in [0.5, 0.6) is 0 Å². The number of ether oxygens (including phenoxy) is 1. The summed E-state index contributed by atoms with van der Waals surface area (Å²) in [6, 6.07) is 7.12. The molecule has 0 bridgehead atoms. The molecule has 7 nitrogen and oxygen atoms in total. The van der Waals surface area contributed by atoms with Gasteiger partial charge >= 0.3 is 5.63 Å². The first-order chi connectivity index (χ1) is 12.5. The van der Waals surface area contributed by atoms with Gasteiger partial charge in [-0.3, -0.25) is 0 Å². The van der Waals surface area contributed by atoms with Gasteiger partial charge in [0.2, 0.25) is 10.0 Å². The van der Waals surface area contributed by atoms with Gasteiger partial charge in [-0.2, -0.15) is 0 Å². The summed E-state index contributed by atoms with van der Waals surface area (Å²) in [4.78, 5) is 11.4. The Balaban J connectivity index is 1.63. The highest BCUT2D eigenvalue weighted by Crippen LogP contribution is 2.34. The molecule has 1 aromatic heterocycles. The predicted octanol–water partition coefficient (Wildman–Crippen LogP) is 1.37. The number of benzene rings is 1. The summed E-state index contributed by atoms with van der Waals surface area (Å²) in [5, 5.41) is 3.88. The van der Waals surface area contributed by atoms with E-state index in [0.29, 0.717) is 17.6 Å². The normalized spacial score (nSPS) is 23.3. The van der Waals surface area contributed by atoms with Gasteiger partial charge in [-0.15, -0.1) is 0 Å². The van der Waals surface area contributed by atoms with Crippen LogP contribution in [-0.2, 0) is 14.8 Å². The summed E-state index contributed by atoms with van der Waals surface area (Å²) in [7, 11) is -3.71. The Morgan fingerprint density at radius 2 is 1.96 bits per heavy atom. The van der Waals surface area contributed by atoms with Gasteiger partial charge < -0.3 is 14.5 Å². The van der Waals surface area contributed by atoms with Crippen molar-refractivity contribution in [1.82, 2.24) is 10.0 Å². The lowest BCUT2D eigenvalue weighted by atomic mass is 9.81. The second-order valence-corrected chi connectivity index (χ2v) is 8.65. The van der Waals surface area contributed by atoms with Gasteiger partial charge in [-0.05, 0) is 63.0 Å². The minimum Gasteiger partial charge on any atom is -0.423 e. The molecule has 2 fully saturated rings. The van der Waals surface area contributed by atoms with E-state index < -0.39 is 21.2 Å². The predicted molar refractivity (Wildman–Crippen MR) is 96.6 cm³/mol. The first kappa shape index (κ1) is 17.7. The maximum absolute atomic E-state index is 13.0. The molecule has 1 atom stereocenters. The average molecular weight is 378 g/mol. The number of nitrogens with one attached hydrogen (secondary N) is 2. The Bertz CT molecular complexity index is 955. The monoisotopic (exact) mass is 378 g/mol. The molecule has 3 heterocycles. The van der Waals surface area contributed by atoms with Crippen LogP contribution in [0.4, 0.5) is 0 Å². The first-order valence-electron chi connectivity index (χ1n) is 8.90. The van der Waals surface area contributed by atoms with Crippen LogP contribution in [-0.4, -0.2) is 39.8 Å². The maximum Gasteiger partial charge on any atom is 0.336 e. The number of sulfonamides is 1. The largest absolute Gasteiger partial charge is 0.423 e. The second-order valence-electron chi connectivity index (χ2n) is 6.93. The van der Waals surface area contributed by atoms with E-state index in [9.17, 15) is 13.2 Å². The Hall–Kier alpha value is -1.74. The lowest BCUT2D eigenvalue weighted by Gasteiger charge is -2.46. The molecule has 1 spiro atoms. The van der Waals surface area contributed by atoms with Gasteiger partial charge in [0.25, 0.3) is 0 Å². The molecule has 4 rings (SSSR count). The van der Waals surface area contributed by atoms with Crippen LogP contribution < -0.4 is 15.7 Å². The van der Waals surface area contributed by atoms with Crippen molar-refractivity contribution in [3.05, 3.63) is 40.8 Å². The van der Waals surface area contributed by atoms with E-state index in [1.165, 1.54) is 24.3 Å². The molecule has 0 saturated carbocycles. The molecule has 1 unspecified atom stereocenters. The third kappa shape index (κ3) is 3.29. The Morgan fingerprint density at radius 1 is 1.15 bits per heavy atom. The van der Waals surface area contributed by atoms with E-state index in [1.807, 2.05) is 0 Å². The molecule has 1 aromatic carbocycles. The second kappa shape index (κ2) is 6.77. The third-order valence-electron chi connectivity index (χ3n) is 5.31. The van der Waals surface area contributed by atoms with E-state index >= 15 is 0 Å². The highest BCUT2D eigenvalue weighted by atomic mass is 32.2. The Kier molecular flexibility index (Phi) is 4.60. The molecular weight excluding hydrogens is 356 g/mol. The van der Waals surface area contributed by atoms with Crippen molar-refractivity contribution in [2.75, 3.05) is 19.7 Å². The van der Waals surface area contributed by atoms with Gasteiger partial charge in [0.05, 0.1) is 16.5 Å². The van der Waals surface area contributed by atoms with E-state index in [4.69, 9.17) is 9.15 Å². The van der Waals surface area contributed by atoms with Crippen LogP contribution in [0.25, 0.3) is 11.0 Å². The van der Waals surface area contributed by atoms with Crippen LogP contribution in [0.1, 0.15) is 25.7 Å². The minimum atomic E-state index is -3.71. The summed E-state index contributed by atoms with van der Waals surface area (Å²) in [5.41, 5.74) is -0.522. The molecule has 2 aliphatic heterocycles. The average Bonchev–Trinajstić information content (AvgIpc) is 2.64. The van der Waals surface area contributed by atoms with Gasteiger partial charge in [-0.25, -0.2) is 17.9 Å². The zero-order valence-electron chi connectivity index (χ0n) is 14.4. The van der Waals surface area contributed by atoms with Gasteiger partial charge in [0, 0.05) is 18.1 Å². The van der Waals surface area contributed by atoms with Gasteiger partial charge in [0.15, 0.2) is 0 Å². The molecule has 2 aromatic rings. The van der Waals surface area contributed by atoms with Crippen molar-refractivity contribution in [2.45, 2.75) is 42.2 Å². The van der Waals surface area contributed by atoms with Crippen molar-refractivity contribution in [2.24, 2.45) is 0 Å². The van der Waals surface area contributed by atoms with Crippen molar-refractivity contribution in [3.8, 4) is 0 Å². The first-order valence-corrected chi connectivity index (χ1v) is 10.4. The molecule has 2 aliphatic rings. The number of fused-ring (bicyclic) bond motifs is 1. The number of rotatable bonds is 3. The summed E-state index contributed by atoms with van der Waals surface area (Å²) in [6.07, 6.45) is 3.19. The molecule has 0 aliphatic carbocycles. The fourth-order valence-corrected chi connectivity index (χ4v) is 5.28. The zero-order valence-corrected chi connectivity index (χ0v) is 15.2. The van der Waals surface area contributed by atoms with Crippen LogP contribution in [0.2, 0.25) is 0 Å². The van der Waals surface area contributed by atoms with E-state index in [1.54, 1.807) is 6.07 Å². The highest BCUT2D eigenvalue weighted by Gasteiger charge is 2.44. The molecule has 26 heavy (non-hydrogen) atoms. The van der Waals surface area contributed by atoms with Gasteiger partial charge in [0.1, 0.15) is 5.58 Å². The molecule has 2 N–H and O–H groups in total. The summed E-state index contributed by atoms with van der Waals surface area (Å²) < 4.78 is 39.9. The topological polar surface area (TPSA) is 97.6 Å². The van der Waals surface area contributed by atoms with Crippen LogP contribution >= 0.6 is 0 Å². The standard InChI is InChI=1S/C18H22N2O5S/c21-17-6-3-13-12-14(4-5-15(13)25-17)26(22,23)20-16-2-1-11-24-18(16)7-9-19-10-8-18/h3-6,12,16,19-20H,1-2,7-11H2. The lowest BCUT2D eigenvalue weighted by molar-refractivity contribution is -0.112. The molecular formula is C18H22N2O5S. The van der Waals surface area contributed by atoms with Gasteiger partial charge in [-0.1, -0.05) is 0 Å². The Morgan fingerprint density at radius 3 is 2.77 bits per heavy atom. The highest BCUT2D eigenvalue weighted by molar-refractivity contribution is 7.89. The molecule has 0 amide bonds. The molecule has 2 saturated heterocycles. The maximum atomic E-state index is 13.0. The molecule has 0 radical (unpaired) electrons. The minimum absolute atomic E-state index is 0.161. The lowest BCUT2D eigenvalue weighted by Crippen LogP contribution is -2.60. The smallest absolute Gasteiger partial charge is 0.336 e. The van der Waals surface area contributed by atoms with Crippen molar-refractivity contribution >= 4 is 21.0 Å². The fraction of sp³-hybridized carbons (Fsp3) is 0.500. The summed E-state index contributed by atoms with van der Waals surface area (Å²) >= 11 is 0. The van der Waals surface area contributed by atoms with Crippen molar-refractivity contribution < 1.29 is 17.6 Å². The fourth-order valence-electron chi connectivity index (χ4n) is 3.91. The number of hydrogen-bond donors (Lipinski definition) is 2. The SMILES string of the molecule is O=c1ccc2cc(S(=O)(=O)NC3CCCOC34CCNCC4)ccc2o1. The summed E-state index contributed by atoms with van der Waals surface area (Å²) in [5.74, 6) is 0. The van der Waals surface area contributed by atoms with E-state index in [2.05, 4.69) is 10.0 Å². The quantitative estimate of drug-likeness (QED) is 0.783. The van der Waals surface area contributed by atoms with Crippen molar-refractivity contribution in [1.29, 1.82) is 0 Å². The number of hydrogen-bond acceptors (Lipinski definition) is 6. The Labute approximate surface area is 151 Å². The molecule has 140 valence electrons. The number of piperidine rings is 1. The van der Waals surface area contributed by atoms with Crippen LogP contribution in [0.3, 0.4) is 0 Å². The van der Waals surface area contributed by atoms with E-state index in [-0.39, 0.29) is 10.9 Å². The molecule has 8 heteroatoms. The van der Waals surface area contributed by atoms with Crippen molar-refractivity contribution in [3.63, 3.8) is 0 Å². The van der Waals surface area contributed by atoms with Crippen LogP contribution in [0.15, 0.2) is 44.4 Å².